The molecule has 2 aliphatic rings. The average molecular weight is 749 g/mol. The summed E-state index contributed by atoms with van der Waals surface area (Å²) in [6.45, 7) is 0. The normalized spacial score (nSPS) is 13.2. The fourth-order valence-corrected chi connectivity index (χ4v) is 10.8. The maximum absolute atomic E-state index is 2.50. The number of hydrogen-bond acceptors (Lipinski definition) is 0. The zero-order chi connectivity index (χ0) is 38.7. The molecule has 1 spiro atoms. The summed E-state index contributed by atoms with van der Waals surface area (Å²) in [5.41, 5.74) is 21.0. The van der Waals surface area contributed by atoms with Crippen molar-refractivity contribution in [2.45, 2.75) is 5.41 Å². The number of nitrogens with zero attached hydrogens (tertiary/aromatic N) is 2. The topological polar surface area (TPSA) is 9.86 Å². The van der Waals surface area contributed by atoms with E-state index in [2.05, 4.69) is 228 Å². The Morgan fingerprint density at radius 3 is 1.58 bits per heavy atom. The molecule has 0 N–H and O–H groups in total. The summed E-state index contributed by atoms with van der Waals surface area (Å²) in [5.74, 6) is 0. The van der Waals surface area contributed by atoms with Crippen molar-refractivity contribution in [3.05, 3.63) is 241 Å². The van der Waals surface area contributed by atoms with Crippen molar-refractivity contribution in [2.24, 2.45) is 0 Å². The van der Waals surface area contributed by atoms with Crippen LogP contribution in [0.3, 0.4) is 0 Å². The molecule has 2 heterocycles. The van der Waals surface area contributed by atoms with E-state index in [4.69, 9.17) is 0 Å². The molecule has 2 aromatic heterocycles. The molecule has 274 valence electrons. The van der Waals surface area contributed by atoms with E-state index in [9.17, 15) is 0 Å². The predicted molar refractivity (Wildman–Crippen MR) is 245 cm³/mol. The third kappa shape index (κ3) is 4.35. The van der Waals surface area contributed by atoms with Crippen LogP contribution in [0.15, 0.2) is 218 Å². The fraction of sp³-hybridized carbons (Fsp3) is 0.0175. The first-order valence-electron chi connectivity index (χ1n) is 20.5. The van der Waals surface area contributed by atoms with Gasteiger partial charge in [0.1, 0.15) is 0 Å². The van der Waals surface area contributed by atoms with Gasteiger partial charge in [0.05, 0.1) is 27.7 Å². The smallest absolute Gasteiger partial charge is 0.0788 e. The maximum Gasteiger partial charge on any atom is 0.0788 e. The van der Waals surface area contributed by atoms with Crippen LogP contribution < -0.4 is 0 Å². The van der Waals surface area contributed by atoms with E-state index in [1.807, 2.05) is 0 Å². The number of rotatable bonds is 4. The second-order valence-electron chi connectivity index (χ2n) is 16.0. The molecule has 9 aromatic carbocycles. The number of fused-ring (bicyclic) bond motifs is 15. The standard InChI is InChI=1S/C57H36N2/c1-3-16-37(17-4-1)54-36-40-31-33-48-47-25-10-14-29-53(47)59(56(48)55(40)58(54)41-19-5-2-6-20-41)42-21-15-18-38(34-42)39-30-32-46-45-24-9-13-28-51(45)57(52(46)35-39)49-26-11-7-22-43(49)44-23-8-12-27-50(44)57/h1-36H. The third-order valence-corrected chi connectivity index (χ3v) is 13.1. The van der Waals surface area contributed by atoms with E-state index in [1.165, 1.54) is 99.6 Å². The minimum Gasteiger partial charge on any atom is -0.307 e. The molecule has 0 fully saturated rings. The highest BCUT2D eigenvalue weighted by atomic mass is 15.0. The Kier molecular flexibility index (Phi) is 6.68. The van der Waals surface area contributed by atoms with Crippen molar-refractivity contribution in [2.75, 3.05) is 0 Å². The van der Waals surface area contributed by atoms with Crippen molar-refractivity contribution in [3.8, 4) is 56.0 Å². The van der Waals surface area contributed by atoms with Crippen LogP contribution in [-0.2, 0) is 5.41 Å². The average Bonchev–Trinajstić information content (AvgIpc) is 4.03. The zero-order valence-corrected chi connectivity index (χ0v) is 32.2. The minimum atomic E-state index is -0.384. The number of benzene rings is 9. The maximum atomic E-state index is 2.50. The predicted octanol–water partition coefficient (Wildman–Crippen LogP) is 14.4. The van der Waals surface area contributed by atoms with Crippen molar-refractivity contribution in [1.29, 1.82) is 0 Å². The van der Waals surface area contributed by atoms with Crippen LogP contribution in [-0.4, -0.2) is 9.13 Å². The molecule has 0 radical (unpaired) electrons. The molecular formula is C57H36N2. The van der Waals surface area contributed by atoms with Crippen LogP contribution in [0, 0.1) is 0 Å². The van der Waals surface area contributed by atoms with Gasteiger partial charge in [-0.3, -0.25) is 0 Å². The van der Waals surface area contributed by atoms with E-state index < -0.39 is 0 Å². The van der Waals surface area contributed by atoms with Gasteiger partial charge in [-0.25, -0.2) is 0 Å². The van der Waals surface area contributed by atoms with Crippen molar-refractivity contribution in [1.82, 2.24) is 9.13 Å². The van der Waals surface area contributed by atoms with Crippen LogP contribution >= 0.6 is 0 Å². The lowest BCUT2D eigenvalue weighted by molar-refractivity contribution is 0.794. The van der Waals surface area contributed by atoms with Crippen LogP contribution in [0.5, 0.6) is 0 Å². The zero-order valence-electron chi connectivity index (χ0n) is 32.2. The summed E-state index contributed by atoms with van der Waals surface area (Å²) in [5, 5.41) is 3.69. The molecule has 0 bridgehead atoms. The molecule has 0 atom stereocenters. The Balaban J connectivity index is 1.06. The van der Waals surface area contributed by atoms with Crippen molar-refractivity contribution >= 4 is 32.7 Å². The highest BCUT2D eigenvalue weighted by Crippen LogP contribution is 2.63. The fourth-order valence-electron chi connectivity index (χ4n) is 10.8. The molecule has 0 saturated heterocycles. The first-order chi connectivity index (χ1) is 29.3. The summed E-state index contributed by atoms with van der Waals surface area (Å²) >= 11 is 0. The molecule has 2 heteroatoms. The first kappa shape index (κ1) is 32.4. The molecule has 2 aliphatic carbocycles. The van der Waals surface area contributed by atoms with Gasteiger partial charge in [0.15, 0.2) is 0 Å². The Hall–Kier alpha value is -7.68. The van der Waals surface area contributed by atoms with Crippen LogP contribution in [0.2, 0.25) is 0 Å². The molecule has 0 aliphatic heterocycles. The highest BCUT2D eigenvalue weighted by Gasteiger charge is 2.51. The second-order valence-corrected chi connectivity index (χ2v) is 16.0. The number of para-hydroxylation sites is 2. The van der Waals surface area contributed by atoms with Gasteiger partial charge in [0.25, 0.3) is 0 Å². The van der Waals surface area contributed by atoms with E-state index in [0.29, 0.717) is 0 Å². The second kappa shape index (κ2) is 12.2. The number of hydrogen-bond donors (Lipinski definition) is 0. The Morgan fingerprint density at radius 2 is 0.864 bits per heavy atom. The lowest BCUT2D eigenvalue weighted by atomic mass is 9.70. The Labute approximate surface area is 342 Å². The molecule has 0 unspecified atom stereocenters. The summed E-state index contributed by atoms with van der Waals surface area (Å²) < 4.78 is 4.96. The summed E-state index contributed by atoms with van der Waals surface area (Å²) in [7, 11) is 0. The lowest BCUT2D eigenvalue weighted by Gasteiger charge is -2.30. The Bertz CT molecular complexity index is 3430. The summed E-state index contributed by atoms with van der Waals surface area (Å²) in [6, 6.07) is 80.9. The third-order valence-electron chi connectivity index (χ3n) is 13.1. The Morgan fingerprint density at radius 1 is 0.305 bits per heavy atom. The SMILES string of the molecule is c1ccc(-c2cc3ccc4c5ccccc5n(-c5cccc(-c6ccc7c(c6)C6(c8ccccc8-c8ccccc86)c6ccccc6-7)c5)c4c3n2-c2ccccc2)cc1. The van der Waals surface area contributed by atoms with Gasteiger partial charge in [0, 0.05) is 27.5 Å². The quantitative estimate of drug-likeness (QED) is 0.170. The highest BCUT2D eigenvalue weighted by molar-refractivity contribution is 6.19. The van der Waals surface area contributed by atoms with Gasteiger partial charge >= 0.3 is 0 Å². The van der Waals surface area contributed by atoms with Crippen molar-refractivity contribution < 1.29 is 0 Å². The van der Waals surface area contributed by atoms with Gasteiger partial charge in [-0.15, -0.1) is 0 Å². The van der Waals surface area contributed by atoms with E-state index in [0.717, 1.165) is 11.4 Å². The summed E-state index contributed by atoms with van der Waals surface area (Å²) in [6.07, 6.45) is 0. The molecule has 0 saturated carbocycles. The van der Waals surface area contributed by atoms with Gasteiger partial charge in [-0.05, 0) is 104 Å². The largest absolute Gasteiger partial charge is 0.307 e. The molecule has 59 heavy (non-hydrogen) atoms. The molecule has 13 rings (SSSR count). The summed E-state index contributed by atoms with van der Waals surface area (Å²) in [4.78, 5) is 0. The van der Waals surface area contributed by atoms with Gasteiger partial charge < -0.3 is 9.13 Å². The molecule has 2 nitrogen and oxygen atoms in total. The number of aromatic nitrogens is 2. The van der Waals surface area contributed by atoms with E-state index in [1.54, 1.807) is 0 Å². The van der Waals surface area contributed by atoms with Gasteiger partial charge in [0.2, 0.25) is 0 Å². The van der Waals surface area contributed by atoms with Crippen molar-refractivity contribution in [3.63, 3.8) is 0 Å². The molecular weight excluding hydrogens is 713 g/mol. The van der Waals surface area contributed by atoms with Crippen LogP contribution in [0.4, 0.5) is 0 Å². The monoisotopic (exact) mass is 748 g/mol. The van der Waals surface area contributed by atoms with Crippen LogP contribution in [0.25, 0.3) is 88.7 Å². The lowest BCUT2D eigenvalue weighted by Crippen LogP contribution is -2.25. The minimum absolute atomic E-state index is 0.384. The van der Waals surface area contributed by atoms with E-state index >= 15 is 0 Å². The molecule has 11 aromatic rings. The van der Waals surface area contributed by atoms with Gasteiger partial charge in [-0.2, -0.15) is 0 Å². The van der Waals surface area contributed by atoms with Crippen LogP contribution in [0.1, 0.15) is 22.3 Å². The van der Waals surface area contributed by atoms with Gasteiger partial charge in [-0.1, -0.05) is 176 Å². The van der Waals surface area contributed by atoms with E-state index in [-0.39, 0.29) is 5.41 Å². The first-order valence-corrected chi connectivity index (χ1v) is 20.5. The molecule has 0 amide bonds.